The lowest BCUT2D eigenvalue weighted by Gasteiger charge is -2.22. The molecule has 0 heterocycles. The van der Waals surface area contributed by atoms with E-state index in [2.05, 4.69) is 27.2 Å². The number of nitrogens with two attached hydrogens (primary N) is 1. The minimum atomic E-state index is -0.660. The van der Waals surface area contributed by atoms with Gasteiger partial charge in [0.25, 0.3) is 0 Å². The van der Waals surface area contributed by atoms with E-state index in [0.29, 0.717) is 42.6 Å². The first kappa shape index (κ1) is 24.8. The number of nitrogen functional groups attached to an aromatic ring is 1. The van der Waals surface area contributed by atoms with Crippen molar-refractivity contribution in [3.8, 4) is 11.8 Å². The van der Waals surface area contributed by atoms with Crippen LogP contribution in [0.25, 0.3) is 0 Å². The van der Waals surface area contributed by atoms with Crippen LogP contribution in [0.3, 0.4) is 0 Å². The first-order valence-corrected chi connectivity index (χ1v) is 9.81. The number of amides is 2. The van der Waals surface area contributed by atoms with E-state index in [1.54, 1.807) is 45.9 Å². The Hall–Kier alpha value is -3.21. The number of ether oxygens (including phenoxy) is 2. The number of carbonyl (C=O) groups is 3. The zero-order chi connectivity index (χ0) is 22.7. The summed E-state index contributed by atoms with van der Waals surface area (Å²) in [7, 11) is 1.31. The summed E-state index contributed by atoms with van der Waals surface area (Å²) in [5.74, 6) is 5.19. The lowest BCUT2D eigenvalue weighted by molar-refractivity contribution is -0.123. The predicted molar refractivity (Wildman–Crippen MR) is 115 cm³/mol. The summed E-state index contributed by atoms with van der Waals surface area (Å²) in [4.78, 5) is 35.6. The average molecular weight is 418 g/mol. The highest BCUT2D eigenvalue weighted by Crippen LogP contribution is 2.14. The van der Waals surface area contributed by atoms with Gasteiger partial charge in [-0.05, 0) is 51.8 Å². The van der Waals surface area contributed by atoms with Gasteiger partial charge in [-0.15, -0.1) is 0 Å². The van der Waals surface area contributed by atoms with E-state index in [9.17, 15) is 14.4 Å². The molecular formula is C22H31N3O5. The largest absolute Gasteiger partial charge is 0.465 e. The molecule has 0 aliphatic heterocycles. The second-order valence-electron chi connectivity index (χ2n) is 7.60. The van der Waals surface area contributed by atoms with Crippen LogP contribution in [0.2, 0.25) is 0 Å². The van der Waals surface area contributed by atoms with E-state index in [0.717, 1.165) is 0 Å². The van der Waals surface area contributed by atoms with Gasteiger partial charge >= 0.3 is 12.1 Å². The third-order valence-electron chi connectivity index (χ3n) is 3.89. The van der Waals surface area contributed by atoms with Crippen LogP contribution < -0.4 is 16.4 Å². The molecule has 0 aromatic heterocycles. The van der Waals surface area contributed by atoms with Crippen LogP contribution in [-0.4, -0.2) is 43.3 Å². The quantitative estimate of drug-likeness (QED) is 0.271. The Bertz CT molecular complexity index is 818. The van der Waals surface area contributed by atoms with Gasteiger partial charge in [0.1, 0.15) is 11.6 Å². The van der Waals surface area contributed by atoms with Crippen molar-refractivity contribution in [3.63, 3.8) is 0 Å². The summed E-state index contributed by atoms with van der Waals surface area (Å²) < 4.78 is 9.86. The van der Waals surface area contributed by atoms with Crippen molar-refractivity contribution in [3.05, 3.63) is 29.3 Å². The highest BCUT2D eigenvalue weighted by Gasteiger charge is 2.22. The Morgan fingerprint density at radius 3 is 2.53 bits per heavy atom. The third kappa shape index (κ3) is 8.86. The molecule has 1 rings (SSSR count). The number of esters is 1. The smallest absolute Gasteiger partial charge is 0.408 e. The number of methoxy groups -OCH3 is 1. The lowest BCUT2D eigenvalue weighted by Crippen LogP contribution is -2.48. The SMILES string of the molecule is CC[C@H](NC(=O)OC(C)(C)C)C(=O)NCCCC#Cc1cc(C(=O)OC)ccc1N. The fourth-order valence-corrected chi connectivity index (χ4v) is 2.38. The van der Waals surface area contributed by atoms with E-state index in [4.69, 9.17) is 10.5 Å². The number of hydrogen-bond acceptors (Lipinski definition) is 6. The highest BCUT2D eigenvalue weighted by molar-refractivity contribution is 5.90. The Balaban J connectivity index is 2.48. The Morgan fingerprint density at radius 1 is 1.23 bits per heavy atom. The van der Waals surface area contributed by atoms with Crippen LogP contribution >= 0.6 is 0 Å². The molecule has 1 aromatic rings. The first-order chi connectivity index (χ1) is 14.1. The maximum Gasteiger partial charge on any atom is 0.408 e. The molecule has 0 spiro atoms. The monoisotopic (exact) mass is 417 g/mol. The fraction of sp³-hybridized carbons (Fsp3) is 0.500. The molecule has 0 unspecified atom stereocenters. The third-order valence-corrected chi connectivity index (χ3v) is 3.89. The number of anilines is 1. The van der Waals surface area contributed by atoms with Crippen LogP contribution in [-0.2, 0) is 14.3 Å². The van der Waals surface area contributed by atoms with Crippen molar-refractivity contribution in [2.45, 2.75) is 58.6 Å². The van der Waals surface area contributed by atoms with Crippen molar-refractivity contribution in [2.24, 2.45) is 0 Å². The van der Waals surface area contributed by atoms with Crippen molar-refractivity contribution in [2.75, 3.05) is 19.4 Å². The fourth-order valence-electron chi connectivity index (χ4n) is 2.38. The van der Waals surface area contributed by atoms with Crippen molar-refractivity contribution < 1.29 is 23.9 Å². The minimum absolute atomic E-state index is 0.272. The molecule has 2 amide bonds. The zero-order valence-corrected chi connectivity index (χ0v) is 18.3. The Kier molecular flexibility index (Phi) is 9.69. The molecule has 1 aromatic carbocycles. The minimum Gasteiger partial charge on any atom is -0.465 e. The van der Waals surface area contributed by atoms with Crippen molar-refractivity contribution >= 4 is 23.7 Å². The molecule has 1 atom stereocenters. The summed E-state index contributed by atoms with van der Waals surface area (Å²) in [5.41, 5.74) is 6.66. The second kappa shape index (κ2) is 11.7. The van der Waals surface area contributed by atoms with Crippen LogP contribution in [0.15, 0.2) is 18.2 Å². The van der Waals surface area contributed by atoms with E-state index in [-0.39, 0.29) is 5.91 Å². The summed E-state index contributed by atoms with van der Waals surface area (Å²) >= 11 is 0. The average Bonchev–Trinajstić information content (AvgIpc) is 2.67. The molecular weight excluding hydrogens is 386 g/mol. The van der Waals surface area contributed by atoms with E-state index in [1.807, 2.05) is 0 Å². The van der Waals surface area contributed by atoms with Crippen LogP contribution in [0, 0.1) is 11.8 Å². The zero-order valence-electron chi connectivity index (χ0n) is 18.3. The molecule has 0 fully saturated rings. The number of unbranched alkanes of at least 4 members (excludes halogenated alkanes) is 1. The maximum atomic E-state index is 12.2. The van der Waals surface area contributed by atoms with Crippen LogP contribution in [0.4, 0.5) is 10.5 Å². The van der Waals surface area contributed by atoms with Gasteiger partial charge in [-0.1, -0.05) is 18.8 Å². The molecule has 8 nitrogen and oxygen atoms in total. The van der Waals surface area contributed by atoms with Gasteiger partial charge in [-0.25, -0.2) is 9.59 Å². The molecule has 0 aliphatic rings. The van der Waals surface area contributed by atoms with E-state index < -0.39 is 23.7 Å². The topological polar surface area (TPSA) is 120 Å². The summed E-state index contributed by atoms with van der Waals surface area (Å²) in [5, 5.41) is 5.35. The number of nitrogens with one attached hydrogen (secondary N) is 2. The Morgan fingerprint density at radius 2 is 1.93 bits per heavy atom. The Labute approximate surface area is 177 Å². The molecule has 0 bridgehead atoms. The molecule has 0 saturated carbocycles. The lowest BCUT2D eigenvalue weighted by atomic mass is 10.1. The number of benzene rings is 1. The van der Waals surface area contributed by atoms with Crippen molar-refractivity contribution in [1.82, 2.24) is 10.6 Å². The number of carbonyl (C=O) groups excluding carboxylic acids is 3. The molecule has 164 valence electrons. The van der Waals surface area contributed by atoms with Gasteiger partial charge in [0, 0.05) is 24.2 Å². The van der Waals surface area contributed by atoms with Gasteiger partial charge in [-0.2, -0.15) is 0 Å². The van der Waals surface area contributed by atoms with E-state index in [1.165, 1.54) is 7.11 Å². The number of rotatable bonds is 7. The predicted octanol–water partition coefficient (Wildman–Crippen LogP) is 2.61. The van der Waals surface area contributed by atoms with E-state index >= 15 is 0 Å². The second-order valence-corrected chi connectivity index (χ2v) is 7.60. The van der Waals surface area contributed by atoms with Gasteiger partial charge < -0.3 is 25.8 Å². The molecule has 8 heteroatoms. The van der Waals surface area contributed by atoms with Crippen molar-refractivity contribution in [1.29, 1.82) is 0 Å². The molecule has 4 N–H and O–H groups in total. The van der Waals surface area contributed by atoms with Crippen LogP contribution in [0.5, 0.6) is 0 Å². The first-order valence-electron chi connectivity index (χ1n) is 9.81. The maximum absolute atomic E-state index is 12.2. The highest BCUT2D eigenvalue weighted by atomic mass is 16.6. The van der Waals surface area contributed by atoms with Gasteiger partial charge in [0.15, 0.2) is 0 Å². The number of hydrogen-bond donors (Lipinski definition) is 3. The van der Waals surface area contributed by atoms with Gasteiger partial charge in [-0.3, -0.25) is 4.79 Å². The normalized spacial score (nSPS) is 11.5. The summed E-state index contributed by atoms with van der Waals surface area (Å²) in [6, 6.07) is 4.12. The standard InChI is InChI=1S/C22H31N3O5/c1-6-18(25-21(28)30-22(2,3)4)19(26)24-13-9-7-8-10-15-14-16(20(27)29-5)11-12-17(15)23/h11-12,14,18H,6-7,9,13,23H2,1-5H3,(H,24,26)(H,25,28)/t18-/m0/s1. The van der Waals surface area contributed by atoms with Gasteiger partial charge in [0.05, 0.1) is 12.7 Å². The van der Waals surface area contributed by atoms with Crippen LogP contribution in [0.1, 0.15) is 62.9 Å². The molecule has 0 saturated heterocycles. The number of alkyl carbamates (subject to hydrolysis) is 1. The summed E-state index contributed by atoms with van der Waals surface area (Å²) in [6.45, 7) is 7.49. The molecule has 30 heavy (non-hydrogen) atoms. The van der Waals surface area contributed by atoms with Gasteiger partial charge in [0.2, 0.25) is 5.91 Å². The molecule has 0 radical (unpaired) electrons. The molecule has 0 aliphatic carbocycles. The summed E-state index contributed by atoms with van der Waals surface area (Å²) in [6.07, 6.45) is 0.972.